The second-order valence-corrected chi connectivity index (χ2v) is 6.94. The number of para-hydroxylation sites is 1. The molecule has 2 aromatic rings. The molecule has 5 heteroatoms. The van der Waals surface area contributed by atoms with Gasteiger partial charge in [-0.3, -0.25) is 4.90 Å². The fourth-order valence-corrected chi connectivity index (χ4v) is 3.83. The van der Waals surface area contributed by atoms with Crippen molar-refractivity contribution < 1.29 is 4.79 Å². The van der Waals surface area contributed by atoms with Gasteiger partial charge in [-0.1, -0.05) is 18.2 Å². The van der Waals surface area contributed by atoms with Crippen molar-refractivity contribution in [2.24, 2.45) is 0 Å². The summed E-state index contributed by atoms with van der Waals surface area (Å²) < 4.78 is 0. The van der Waals surface area contributed by atoms with Crippen LogP contribution in [0.2, 0.25) is 0 Å². The standard InChI is InChI=1S/C20H24N4O/c1-22-19(15-25)12-17-11-16(13-21-20(17)22)14-23-7-9-24(10-8-23)18-5-3-2-4-6-18/h2-6,11,13,15,19H,7-10,12,14H2,1H3. The molecule has 1 atom stereocenters. The van der Waals surface area contributed by atoms with Gasteiger partial charge in [0.1, 0.15) is 12.1 Å². The monoisotopic (exact) mass is 336 g/mol. The Kier molecular flexibility index (Phi) is 4.40. The summed E-state index contributed by atoms with van der Waals surface area (Å²) in [6.07, 6.45) is 3.76. The number of rotatable bonds is 4. The van der Waals surface area contributed by atoms with Crippen molar-refractivity contribution in [1.82, 2.24) is 9.88 Å². The van der Waals surface area contributed by atoms with Gasteiger partial charge in [0.15, 0.2) is 0 Å². The molecule has 2 aliphatic heterocycles. The molecule has 1 aromatic carbocycles. The van der Waals surface area contributed by atoms with Gasteiger partial charge in [0.25, 0.3) is 0 Å². The molecule has 130 valence electrons. The number of aldehydes is 1. The van der Waals surface area contributed by atoms with Crippen molar-refractivity contribution >= 4 is 17.8 Å². The number of hydrogen-bond acceptors (Lipinski definition) is 5. The molecule has 0 N–H and O–H groups in total. The molecule has 2 aliphatic rings. The highest BCUT2D eigenvalue weighted by atomic mass is 16.1. The molecular formula is C20H24N4O. The lowest BCUT2D eigenvalue weighted by atomic mass is 10.1. The molecule has 0 aliphatic carbocycles. The van der Waals surface area contributed by atoms with E-state index in [0.717, 1.165) is 51.2 Å². The van der Waals surface area contributed by atoms with Crippen LogP contribution >= 0.6 is 0 Å². The van der Waals surface area contributed by atoms with Gasteiger partial charge in [-0.2, -0.15) is 0 Å². The first kappa shape index (κ1) is 16.1. The van der Waals surface area contributed by atoms with Crippen molar-refractivity contribution in [3.63, 3.8) is 0 Å². The van der Waals surface area contributed by atoms with Crippen LogP contribution in [0.3, 0.4) is 0 Å². The lowest BCUT2D eigenvalue weighted by Crippen LogP contribution is -2.45. The summed E-state index contributed by atoms with van der Waals surface area (Å²) in [7, 11) is 1.94. The fourth-order valence-electron chi connectivity index (χ4n) is 3.83. The molecule has 3 heterocycles. The van der Waals surface area contributed by atoms with E-state index in [0.29, 0.717) is 0 Å². The van der Waals surface area contributed by atoms with Crippen molar-refractivity contribution in [1.29, 1.82) is 0 Å². The molecule has 1 saturated heterocycles. The number of benzene rings is 1. The van der Waals surface area contributed by atoms with E-state index in [-0.39, 0.29) is 6.04 Å². The van der Waals surface area contributed by atoms with E-state index in [9.17, 15) is 4.79 Å². The van der Waals surface area contributed by atoms with Crippen LogP contribution in [0.15, 0.2) is 42.6 Å². The van der Waals surface area contributed by atoms with Crippen LogP contribution in [0.1, 0.15) is 11.1 Å². The smallest absolute Gasteiger partial charge is 0.142 e. The lowest BCUT2D eigenvalue weighted by Gasteiger charge is -2.36. The minimum atomic E-state index is -0.0628. The maximum Gasteiger partial charge on any atom is 0.142 e. The molecule has 0 amide bonds. The summed E-state index contributed by atoms with van der Waals surface area (Å²) in [5.74, 6) is 0.953. The average molecular weight is 336 g/mol. The third-order valence-corrected chi connectivity index (χ3v) is 5.32. The summed E-state index contributed by atoms with van der Waals surface area (Å²) in [5, 5.41) is 0. The van der Waals surface area contributed by atoms with Gasteiger partial charge < -0.3 is 14.6 Å². The predicted molar refractivity (Wildman–Crippen MR) is 100 cm³/mol. The van der Waals surface area contributed by atoms with Crippen molar-refractivity contribution in [3.05, 3.63) is 53.7 Å². The van der Waals surface area contributed by atoms with Crippen LogP contribution in [-0.4, -0.2) is 55.4 Å². The van der Waals surface area contributed by atoms with E-state index in [2.05, 4.69) is 51.2 Å². The van der Waals surface area contributed by atoms with Crippen molar-refractivity contribution in [3.8, 4) is 0 Å². The van der Waals surface area contributed by atoms with E-state index < -0.39 is 0 Å². The molecule has 0 radical (unpaired) electrons. The lowest BCUT2D eigenvalue weighted by molar-refractivity contribution is -0.108. The minimum absolute atomic E-state index is 0.0628. The highest BCUT2D eigenvalue weighted by Crippen LogP contribution is 2.28. The summed E-state index contributed by atoms with van der Waals surface area (Å²) >= 11 is 0. The first-order valence-corrected chi connectivity index (χ1v) is 8.93. The van der Waals surface area contributed by atoms with Crippen molar-refractivity contribution in [2.45, 2.75) is 19.0 Å². The number of piperazine rings is 1. The maximum atomic E-state index is 11.2. The van der Waals surface area contributed by atoms with Gasteiger partial charge >= 0.3 is 0 Å². The molecule has 1 unspecified atom stereocenters. The highest BCUT2D eigenvalue weighted by molar-refractivity contribution is 5.71. The third-order valence-electron chi connectivity index (χ3n) is 5.32. The zero-order valence-corrected chi connectivity index (χ0v) is 14.6. The van der Waals surface area contributed by atoms with Gasteiger partial charge in [-0.15, -0.1) is 0 Å². The average Bonchev–Trinajstić information content (AvgIpc) is 2.98. The molecule has 5 nitrogen and oxygen atoms in total. The van der Waals surface area contributed by atoms with E-state index in [4.69, 9.17) is 0 Å². The van der Waals surface area contributed by atoms with Gasteiger partial charge in [0.2, 0.25) is 0 Å². The SMILES string of the molecule is CN1c2ncc(CN3CCN(c4ccccc4)CC3)cc2CC1C=O. The summed E-state index contributed by atoms with van der Waals surface area (Å²) in [4.78, 5) is 22.7. The Balaban J connectivity index is 1.37. The minimum Gasteiger partial charge on any atom is -0.369 e. The first-order chi connectivity index (χ1) is 12.2. The van der Waals surface area contributed by atoms with Gasteiger partial charge in [-0.25, -0.2) is 4.98 Å². The summed E-state index contributed by atoms with van der Waals surface area (Å²) in [5.41, 5.74) is 3.75. The topological polar surface area (TPSA) is 39.7 Å². The molecule has 0 spiro atoms. The number of pyridine rings is 1. The summed E-state index contributed by atoms with van der Waals surface area (Å²) in [6, 6.07) is 12.8. The maximum absolute atomic E-state index is 11.2. The Morgan fingerprint density at radius 1 is 1.16 bits per heavy atom. The fraction of sp³-hybridized carbons (Fsp3) is 0.400. The zero-order valence-electron chi connectivity index (χ0n) is 14.6. The Labute approximate surface area is 148 Å². The van der Waals surface area contributed by atoms with Gasteiger partial charge in [-0.05, 0) is 29.3 Å². The predicted octanol–water partition coefficient (Wildman–Crippen LogP) is 1.96. The largest absolute Gasteiger partial charge is 0.369 e. The number of carbonyl (C=O) groups excluding carboxylic acids is 1. The Morgan fingerprint density at radius 3 is 2.64 bits per heavy atom. The number of nitrogens with zero attached hydrogens (tertiary/aromatic N) is 4. The van der Waals surface area contributed by atoms with Crippen LogP contribution in [0, 0.1) is 0 Å². The first-order valence-electron chi connectivity index (χ1n) is 8.93. The second-order valence-electron chi connectivity index (χ2n) is 6.94. The number of aromatic nitrogens is 1. The van der Waals surface area contributed by atoms with E-state index >= 15 is 0 Å². The van der Waals surface area contributed by atoms with Crippen LogP contribution in [0.25, 0.3) is 0 Å². The second kappa shape index (κ2) is 6.84. The highest BCUT2D eigenvalue weighted by Gasteiger charge is 2.27. The Hall–Kier alpha value is -2.40. The molecule has 25 heavy (non-hydrogen) atoms. The summed E-state index contributed by atoms with van der Waals surface area (Å²) in [6.45, 7) is 5.15. The van der Waals surface area contributed by atoms with E-state index in [1.54, 1.807) is 0 Å². The molecule has 0 saturated carbocycles. The van der Waals surface area contributed by atoms with E-state index in [1.807, 2.05) is 18.1 Å². The number of hydrogen-bond donors (Lipinski definition) is 0. The van der Waals surface area contributed by atoms with Gasteiger partial charge in [0.05, 0.1) is 6.04 Å². The number of carbonyl (C=O) groups is 1. The number of likely N-dealkylation sites (N-methyl/N-ethyl adjacent to an activating group) is 1. The number of anilines is 2. The number of fused-ring (bicyclic) bond motifs is 1. The van der Waals surface area contributed by atoms with Crippen LogP contribution in [0.4, 0.5) is 11.5 Å². The third kappa shape index (κ3) is 3.24. The normalized spacial score (nSPS) is 20.6. The molecular weight excluding hydrogens is 312 g/mol. The molecule has 4 rings (SSSR count). The Bertz CT molecular complexity index is 741. The zero-order chi connectivity index (χ0) is 17.2. The van der Waals surface area contributed by atoms with Crippen LogP contribution < -0.4 is 9.80 Å². The van der Waals surface area contributed by atoms with Crippen LogP contribution in [-0.2, 0) is 17.8 Å². The quantitative estimate of drug-likeness (QED) is 0.798. The molecule has 1 fully saturated rings. The van der Waals surface area contributed by atoms with Crippen LogP contribution in [0.5, 0.6) is 0 Å². The Morgan fingerprint density at radius 2 is 1.92 bits per heavy atom. The molecule has 0 bridgehead atoms. The van der Waals surface area contributed by atoms with E-state index in [1.165, 1.54) is 16.8 Å². The van der Waals surface area contributed by atoms with Crippen molar-refractivity contribution in [2.75, 3.05) is 43.0 Å². The van der Waals surface area contributed by atoms with Gasteiger partial charge in [0, 0.05) is 58.1 Å². The molecule has 1 aromatic heterocycles.